The summed E-state index contributed by atoms with van der Waals surface area (Å²) in [5.74, 6) is -0.129. The van der Waals surface area contributed by atoms with Gasteiger partial charge in [-0.05, 0) is 35.8 Å². The molecule has 0 bridgehead atoms. The van der Waals surface area contributed by atoms with Gasteiger partial charge in [-0.2, -0.15) is 0 Å². The summed E-state index contributed by atoms with van der Waals surface area (Å²) >= 11 is 0. The van der Waals surface area contributed by atoms with E-state index in [1.165, 1.54) is 18.2 Å². The Morgan fingerprint density at radius 2 is 1.73 bits per heavy atom. The maximum Gasteiger partial charge on any atom is 0.270 e. The lowest BCUT2D eigenvalue weighted by Gasteiger charge is -1.97. The van der Waals surface area contributed by atoms with Gasteiger partial charge in [0.25, 0.3) is 5.69 Å². The van der Waals surface area contributed by atoms with Gasteiger partial charge in [0.15, 0.2) is 5.78 Å². The van der Waals surface area contributed by atoms with Gasteiger partial charge in [0.05, 0.1) is 4.92 Å². The first kappa shape index (κ1) is 15.4. The number of rotatable bonds is 5. The molecule has 0 fully saturated rings. The van der Waals surface area contributed by atoms with Crippen molar-refractivity contribution in [2.75, 3.05) is 0 Å². The number of hydrogen-bond acceptors (Lipinski definition) is 3. The summed E-state index contributed by atoms with van der Waals surface area (Å²) in [4.78, 5) is 22.3. The zero-order valence-corrected chi connectivity index (χ0v) is 12.1. The van der Waals surface area contributed by atoms with E-state index in [1.807, 2.05) is 30.3 Å². The topological polar surface area (TPSA) is 60.2 Å². The van der Waals surface area contributed by atoms with E-state index >= 15 is 0 Å². The van der Waals surface area contributed by atoms with Crippen LogP contribution in [0.3, 0.4) is 0 Å². The third kappa shape index (κ3) is 4.24. The molecule has 0 unspecified atom stereocenters. The summed E-state index contributed by atoms with van der Waals surface area (Å²) < 4.78 is 0. The maximum absolute atomic E-state index is 12.1. The first-order valence-corrected chi connectivity index (χ1v) is 6.76. The lowest BCUT2D eigenvalue weighted by molar-refractivity contribution is -0.384. The zero-order valence-electron chi connectivity index (χ0n) is 12.1. The molecule has 0 heterocycles. The zero-order chi connectivity index (χ0) is 15.9. The van der Waals surface area contributed by atoms with E-state index in [0.717, 1.165) is 5.56 Å². The van der Waals surface area contributed by atoms with Crippen LogP contribution in [0.5, 0.6) is 0 Å². The van der Waals surface area contributed by atoms with Crippen molar-refractivity contribution in [1.29, 1.82) is 0 Å². The molecule has 2 aromatic carbocycles. The van der Waals surface area contributed by atoms with Crippen molar-refractivity contribution < 1.29 is 9.72 Å². The fourth-order valence-electron chi connectivity index (χ4n) is 1.92. The van der Waals surface area contributed by atoms with Crippen molar-refractivity contribution >= 4 is 23.6 Å². The van der Waals surface area contributed by atoms with Crippen LogP contribution >= 0.6 is 0 Å². The van der Waals surface area contributed by atoms with Crippen LogP contribution in [0.4, 0.5) is 5.69 Å². The van der Waals surface area contributed by atoms with E-state index in [0.29, 0.717) is 11.1 Å². The normalized spacial score (nSPS) is 11.6. The molecule has 0 spiro atoms. The van der Waals surface area contributed by atoms with Crippen LogP contribution in [0.25, 0.3) is 12.2 Å². The fraction of sp³-hybridized carbons (Fsp3) is 0.0556. The van der Waals surface area contributed by atoms with Gasteiger partial charge in [0.1, 0.15) is 0 Å². The second-order valence-corrected chi connectivity index (χ2v) is 4.79. The largest absolute Gasteiger partial charge is 0.290 e. The van der Waals surface area contributed by atoms with E-state index in [2.05, 4.69) is 0 Å². The molecule has 0 saturated heterocycles. The summed E-state index contributed by atoms with van der Waals surface area (Å²) in [5, 5.41) is 10.7. The molecule has 4 heteroatoms. The molecule has 0 N–H and O–H groups in total. The summed E-state index contributed by atoms with van der Waals surface area (Å²) in [6.07, 6.45) is 4.81. The summed E-state index contributed by atoms with van der Waals surface area (Å²) in [6, 6.07) is 15.7. The Hall–Kier alpha value is -3.01. The van der Waals surface area contributed by atoms with Gasteiger partial charge >= 0.3 is 0 Å². The molecular weight excluding hydrogens is 278 g/mol. The van der Waals surface area contributed by atoms with Gasteiger partial charge in [-0.1, -0.05) is 48.5 Å². The van der Waals surface area contributed by atoms with Gasteiger partial charge in [-0.25, -0.2) is 0 Å². The first-order chi connectivity index (χ1) is 10.6. The summed E-state index contributed by atoms with van der Waals surface area (Å²) in [7, 11) is 0. The Morgan fingerprint density at radius 3 is 2.41 bits per heavy atom. The Bertz CT molecular complexity index is 746. The predicted molar refractivity (Wildman–Crippen MR) is 87.2 cm³/mol. The van der Waals surface area contributed by atoms with Crippen LogP contribution in [-0.4, -0.2) is 10.7 Å². The average molecular weight is 293 g/mol. The number of non-ortho nitro benzene ring substituents is 1. The molecule has 4 nitrogen and oxygen atoms in total. The second kappa shape index (κ2) is 7.13. The first-order valence-electron chi connectivity index (χ1n) is 6.76. The monoisotopic (exact) mass is 293 g/mol. The van der Waals surface area contributed by atoms with Crippen molar-refractivity contribution in [3.05, 3.63) is 87.5 Å². The number of benzene rings is 2. The lowest BCUT2D eigenvalue weighted by Crippen LogP contribution is -1.94. The highest BCUT2D eigenvalue weighted by Gasteiger charge is 2.04. The van der Waals surface area contributed by atoms with Crippen LogP contribution in [-0.2, 0) is 4.79 Å². The molecule has 0 radical (unpaired) electrons. The molecule has 110 valence electrons. The van der Waals surface area contributed by atoms with Crippen molar-refractivity contribution in [2.45, 2.75) is 6.92 Å². The quantitative estimate of drug-likeness (QED) is 0.469. The maximum atomic E-state index is 12.1. The number of carbonyl (C=O) groups excluding carboxylic acids is 1. The van der Waals surface area contributed by atoms with Gasteiger partial charge in [0.2, 0.25) is 0 Å². The average Bonchev–Trinajstić information content (AvgIpc) is 2.53. The highest BCUT2D eigenvalue weighted by Crippen LogP contribution is 2.15. The molecule has 2 rings (SSSR count). The molecule has 0 atom stereocenters. The molecular formula is C18H15NO3. The molecule has 2 aromatic rings. The van der Waals surface area contributed by atoms with Gasteiger partial charge in [-0.15, -0.1) is 0 Å². The highest BCUT2D eigenvalue weighted by atomic mass is 16.6. The van der Waals surface area contributed by atoms with Crippen molar-refractivity contribution in [3.8, 4) is 0 Å². The van der Waals surface area contributed by atoms with Crippen LogP contribution in [0, 0.1) is 10.1 Å². The molecule has 0 saturated carbocycles. The third-order valence-electron chi connectivity index (χ3n) is 3.08. The summed E-state index contributed by atoms with van der Waals surface area (Å²) in [6.45, 7) is 1.74. The Labute approximate surface area is 128 Å². The Balaban J connectivity index is 2.13. The van der Waals surface area contributed by atoms with Crippen LogP contribution < -0.4 is 0 Å². The Kier molecular flexibility index (Phi) is 4.98. The molecule has 0 aliphatic heterocycles. The Morgan fingerprint density at radius 1 is 1.05 bits per heavy atom. The number of ketones is 1. The minimum Gasteiger partial charge on any atom is -0.290 e. The highest BCUT2D eigenvalue weighted by molar-refractivity contribution is 6.08. The van der Waals surface area contributed by atoms with E-state index in [-0.39, 0.29) is 11.5 Å². The molecule has 0 aliphatic carbocycles. The van der Waals surface area contributed by atoms with Gasteiger partial charge < -0.3 is 0 Å². The van der Waals surface area contributed by atoms with E-state index in [1.54, 1.807) is 31.2 Å². The number of allylic oxidation sites excluding steroid dienone is 2. The van der Waals surface area contributed by atoms with Crippen molar-refractivity contribution in [1.82, 2.24) is 0 Å². The predicted octanol–water partition coefficient (Wildman–Crippen LogP) is 4.28. The molecule has 0 amide bonds. The van der Waals surface area contributed by atoms with Crippen molar-refractivity contribution in [3.63, 3.8) is 0 Å². The van der Waals surface area contributed by atoms with Crippen LogP contribution in [0.1, 0.15) is 18.1 Å². The summed E-state index contributed by atoms with van der Waals surface area (Å²) in [5.41, 5.74) is 2.19. The number of nitro benzene ring substituents is 1. The number of nitrogens with zero attached hydrogens (tertiary/aromatic N) is 1. The standard InChI is InChI=1S/C18H15NO3/c1-14(12-15-6-3-2-4-7-15)18(20)11-10-16-8-5-9-17(13-16)19(21)22/h2-13H,1H3/b11-10+,14-12+. The van der Waals surface area contributed by atoms with E-state index in [9.17, 15) is 14.9 Å². The number of nitro groups is 1. The van der Waals surface area contributed by atoms with E-state index < -0.39 is 4.92 Å². The third-order valence-corrected chi connectivity index (χ3v) is 3.08. The molecule has 22 heavy (non-hydrogen) atoms. The number of hydrogen-bond donors (Lipinski definition) is 0. The number of carbonyl (C=O) groups is 1. The fourth-order valence-corrected chi connectivity index (χ4v) is 1.92. The lowest BCUT2D eigenvalue weighted by atomic mass is 10.1. The molecule has 0 aliphatic rings. The van der Waals surface area contributed by atoms with Gasteiger partial charge in [-0.3, -0.25) is 14.9 Å². The van der Waals surface area contributed by atoms with Crippen LogP contribution in [0.15, 0.2) is 66.2 Å². The SMILES string of the molecule is C/C(=C\c1ccccc1)C(=O)/C=C/c1cccc([N+](=O)[O-])c1. The minimum atomic E-state index is -0.459. The van der Waals surface area contributed by atoms with Crippen LogP contribution in [0.2, 0.25) is 0 Å². The minimum absolute atomic E-state index is 0.00569. The molecule has 0 aromatic heterocycles. The van der Waals surface area contributed by atoms with E-state index in [4.69, 9.17) is 0 Å². The smallest absolute Gasteiger partial charge is 0.270 e. The van der Waals surface area contributed by atoms with Gasteiger partial charge in [0, 0.05) is 12.1 Å². The second-order valence-electron chi connectivity index (χ2n) is 4.79. The van der Waals surface area contributed by atoms with Crippen molar-refractivity contribution in [2.24, 2.45) is 0 Å².